The van der Waals surface area contributed by atoms with Crippen molar-refractivity contribution < 1.29 is 46.8 Å². The molecule has 13 nitrogen and oxygen atoms in total. The smallest absolute Gasteiger partial charge is 0.378 e. The van der Waals surface area contributed by atoms with E-state index in [0.29, 0.717) is 30.2 Å². The van der Waals surface area contributed by atoms with Gasteiger partial charge in [0.1, 0.15) is 67.8 Å². The van der Waals surface area contributed by atoms with Gasteiger partial charge < -0.3 is 28.5 Å². The number of benzene rings is 3. The number of amides is 2. The van der Waals surface area contributed by atoms with Crippen molar-refractivity contribution in [3.63, 3.8) is 0 Å². The molecule has 0 aliphatic carbocycles. The fourth-order valence-corrected chi connectivity index (χ4v) is 8.40. The van der Waals surface area contributed by atoms with Crippen molar-refractivity contribution in [2.75, 3.05) is 26.5 Å². The maximum Gasteiger partial charge on any atom is 0.378 e. The van der Waals surface area contributed by atoms with Gasteiger partial charge in [-0.05, 0) is 47.5 Å². The lowest BCUT2D eigenvalue weighted by Crippen LogP contribution is -2.58. The minimum absolute atomic E-state index is 0.0211. The van der Waals surface area contributed by atoms with Gasteiger partial charge in [-0.3, -0.25) is 18.7 Å². The standard InChI is InChI=1S/C37H35BClN4O9S/c1-48-26-7-3-23(4-8-26)20-50-29-12-11-28(33(39)35(29)51-21-24-5-9-27(49-2)10-6-24)36(45)42-16-14-40-13-15-41(30(40)19-42)18-25-22-53(47)32-17-31(44)43(32)34(25)37(46)52-38/h3-13,15,32H,14,16-22H2,1-2H3/q+1/t32-,53?/m1/s1. The Hall–Kier alpha value is -5.28. The van der Waals surface area contributed by atoms with Gasteiger partial charge in [0.2, 0.25) is 5.91 Å². The van der Waals surface area contributed by atoms with Crippen molar-refractivity contribution in [1.82, 2.24) is 14.4 Å². The normalized spacial score (nSPS) is 17.8. The maximum atomic E-state index is 14.2. The monoisotopic (exact) mass is 757 g/mol. The highest BCUT2D eigenvalue weighted by Crippen LogP contribution is 2.40. The molecule has 4 aromatic rings. The number of ether oxygens (including phenoxy) is 4. The summed E-state index contributed by atoms with van der Waals surface area (Å²) < 4.78 is 44.3. The van der Waals surface area contributed by atoms with Gasteiger partial charge in [-0.1, -0.05) is 35.9 Å². The van der Waals surface area contributed by atoms with Crippen molar-refractivity contribution in [3.8, 4) is 23.0 Å². The Labute approximate surface area is 314 Å². The van der Waals surface area contributed by atoms with Gasteiger partial charge in [0.25, 0.3) is 11.7 Å². The Kier molecular flexibility index (Phi) is 10.5. The molecule has 1 saturated heterocycles. The second-order valence-electron chi connectivity index (χ2n) is 12.6. The number of imidazole rings is 1. The first-order chi connectivity index (χ1) is 25.7. The van der Waals surface area contributed by atoms with Crippen LogP contribution in [-0.2, 0) is 57.9 Å². The van der Waals surface area contributed by atoms with Crippen LogP contribution in [0.4, 0.5) is 0 Å². The predicted octanol–water partition coefficient (Wildman–Crippen LogP) is 3.46. The van der Waals surface area contributed by atoms with E-state index in [1.807, 2.05) is 70.1 Å². The summed E-state index contributed by atoms with van der Waals surface area (Å²) >= 11 is 7.00. The van der Waals surface area contributed by atoms with E-state index in [9.17, 15) is 18.6 Å². The quantitative estimate of drug-likeness (QED) is 0.121. The molecule has 1 aromatic heterocycles. The van der Waals surface area contributed by atoms with Gasteiger partial charge in [0.05, 0.1) is 43.5 Å². The van der Waals surface area contributed by atoms with E-state index in [1.165, 1.54) is 4.90 Å². The number of halogens is 1. The van der Waals surface area contributed by atoms with Crippen LogP contribution in [0.15, 0.2) is 84.3 Å². The van der Waals surface area contributed by atoms with Crippen LogP contribution in [0.25, 0.3) is 0 Å². The van der Waals surface area contributed by atoms with Crippen molar-refractivity contribution in [3.05, 3.63) is 112 Å². The molecule has 4 heterocycles. The lowest BCUT2D eigenvalue weighted by atomic mass is 10.1. The van der Waals surface area contributed by atoms with Gasteiger partial charge in [-0.2, -0.15) is 0 Å². The van der Waals surface area contributed by atoms with E-state index < -0.39 is 22.1 Å². The van der Waals surface area contributed by atoms with E-state index in [2.05, 4.69) is 4.65 Å². The molecule has 2 radical (unpaired) electrons. The lowest BCUT2D eigenvalue weighted by Gasteiger charge is -2.43. The summed E-state index contributed by atoms with van der Waals surface area (Å²) in [5.41, 5.74) is 2.46. The number of hydrogen-bond acceptors (Lipinski definition) is 9. The number of rotatable bonds is 12. The summed E-state index contributed by atoms with van der Waals surface area (Å²) in [4.78, 5) is 42.2. The Morgan fingerprint density at radius 1 is 0.962 bits per heavy atom. The Balaban J connectivity index is 1.14. The summed E-state index contributed by atoms with van der Waals surface area (Å²) in [6.45, 7) is 1.61. The van der Waals surface area contributed by atoms with Gasteiger partial charge >= 0.3 is 14.0 Å². The zero-order chi connectivity index (χ0) is 37.2. The zero-order valence-electron chi connectivity index (χ0n) is 29.0. The number of carbonyl (C=O) groups is 3. The third-order valence-electron chi connectivity index (χ3n) is 9.47. The van der Waals surface area contributed by atoms with Gasteiger partial charge in [0.15, 0.2) is 11.5 Å². The Morgan fingerprint density at radius 3 is 2.25 bits per heavy atom. The number of nitrogens with zero attached hydrogens (tertiary/aromatic N) is 4. The molecule has 272 valence electrons. The summed E-state index contributed by atoms with van der Waals surface area (Å²) in [6.07, 6.45) is 3.80. The number of fused-ring (bicyclic) bond motifs is 2. The lowest BCUT2D eigenvalue weighted by molar-refractivity contribution is -0.710. The van der Waals surface area contributed by atoms with E-state index in [1.54, 1.807) is 31.3 Å². The van der Waals surface area contributed by atoms with E-state index in [0.717, 1.165) is 22.7 Å². The van der Waals surface area contributed by atoms with E-state index in [-0.39, 0.29) is 72.3 Å². The van der Waals surface area contributed by atoms with Crippen molar-refractivity contribution in [1.29, 1.82) is 0 Å². The number of hydrogen-bond donors (Lipinski definition) is 0. The molecule has 0 spiro atoms. The topological polar surface area (TPSA) is 130 Å². The molecule has 0 bridgehead atoms. The predicted molar refractivity (Wildman–Crippen MR) is 193 cm³/mol. The molecular weight excluding hydrogens is 723 g/mol. The third kappa shape index (κ3) is 7.23. The van der Waals surface area contributed by atoms with Crippen LogP contribution in [0.3, 0.4) is 0 Å². The van der Waals surface area contributed by atoms with Gasteiger partial charge in [-0.25, -0.2) is 13.9 Å². The van der Waals surface area contributed by atoms with Crippen LogP contribution in [0.5, 0.6) is 23.0 Å². The minimum Gasteiger partial charge on any atom is -0.539 e. The summed E-state index contributed by atoms with van der Waals surface area (Å²) in [7, 11) is 7.03. The van der Waals surface area contributed by atoms with Crippen LogP contribution in [0, 0.1) is 0 Å². The molecule has 7 rings (SSSR count). The molecule has 16 heteroatoms. The second kappa shape index (κ2) is 15.4. The molecule has 2 atom stereocenters. The average molecular weight is 758 g/mol. The molecule has 3 aliphatic rings. The van der Waals surface area contributed by atoms with Crippen molar-refractivity contribution >= 4 is 48.2 Å². The maximum absolute atomic E-state index is 14.2. The summed E-state index contributed by atoms with van der Waals surface area (Å²) in [5, 5.41) is -0.464. The molecule has 2 amide bonds. The van der Waals surface area contributed by atoms with Crippen LogP contribution in [-0.4, -0.2) is 76.3 Å². The highest BCUT2D eigenvalue weighted by molar-refractivity contribution is 7.86. The van der Waals surface area contributed by atoms with Crippen molar-refractivity contribution in [2.24, 2.45) is 0 Å². The first kappa shape index (κ1) is 36.1. The molecule has 3 aromatic carbocycles. The first-order valence-corrected chi connectivity index (χ1v) is 18.5. The average Bonchev–Trinajstić information content (AvgIpc) is 3.58. The van der Waals surface area contributed by atoms with Crippen molar-refractivity contribution in [2.45, 2.75) is 44.6 Å². The molecule has 1 fully saturated rings. The summed E-state index contributed by atoms with van der Waals surface area (Å²) in [6, 6.07) is 18.2. The molecule has 53 heavy (non-hydrogen) atoms. The Bertz CT molecular complexity index is 2120. The number of β-lactam (4-membered cyclic amide) rings is 1. The highest BCUT2D eigenvalue weighted by Gasteiger charge is 2.49. The van der Waals surface area contributed by atoms with Crippen LogP contribution in [0.1, 0.15) is 33.7 Å². The molecular formula is C37H35BClN4O9S+. The van der Waals surface area contributed by atoms with Gasteiger partial charge in [0, 0.05) is 16.4 Å². The van der Waals surface area contributed by atoms with E-state index >= 15 is 0 Å². The van der Waals surface area contributed by atoms with E-state index in [4.69, 9.17) is 38.6 Å². The largest absolute Gasteiger partial charge is 0.539 e. The second-order valence-corrected chi connectivity index (χ2v) is 14.6. The first-order valence-electron chi connectivity index (χ1n) is 16.7. The number of carbonyl (C=O) groups excluding carboxylic acids is 3. The SMILES string of the molecule is [B]OC(=O)C1=C(Cn2cc[n+]3c2CN(C(=O)c2ccc(OCc4ccc(OC)cc4)c(OCc4ccc(OC)cc4)c2Cl)CC3)CS(=O)[C@@H]2CC(=O)N12. The molecule has 0 N–H and O–H groups in total. The fourth-order valence-electron chi connectivity index (χ4n) is 6.56. The molecule has 1 unspecified atom stereocenters. The summed E-state index contributed by atoms with van der Waals surface area (Å²) in [5.74, 6) is 1.38. The third-order valence-corrected chi connectivity index (χ3v) is 11.5. The van der Waals surface area contributed by atoms with Gasteiger partial charge in [-0.15, -0.1) is 0 Å². The number of methoxy groups -OCH3 is 2. The minimum atomic E-state index is -1.39. The van der Waals surface area contributed by atoms with Crippen LogP contribution < -0.4 is 23.5 Å². The Morgan fingerprint density at radius 2 is 1.62 bits per heavy atom. The van der Waals surface area contributed by atoms with Crippen LogP contribution in [0.2, 0.25) is 5.02 Å². The highest BCUT2D eigenvalue weighted by atomic mass is 35.5. The molecule has 3 aliphatic heterocycles. The van der Waals surface area contributed by atoms with Crippen LogP contribution >= 0.6 is 11.6 Å². The number of aromatic nitrogens is 2. The zero-order valence-corrected chi connectivity index (χ0v) is 30.6. The fraction of sp³-hybridized carbons (Fsp3) is 0.297. The molecule has 0 saturated carbocycles.